The van der Waals surface area contributed by atoms with Crippen LogP contribution >= 0.6 is 0 Å². The zero-order valence-corrected chi connectivity index (χ0v) is 22.1. The van der Waals surface area contributed by atoms with Crippen LogP contribution < -0.4 is 32.0 Å². The van der Waals surface area contributed by atoms with E-state index in [-0.39, 0.29) is 16.9 Å². The Labute approximate surface area is 225 Å². The third-order valence-electron chi connectivity index (χ3n) is 5.77. The van der Waals surface area contributed by atoms with E-state index in [0.29, 0.717) is 35.8 Å². The Morgan fingerprint density at radius 1 is 1.10 bits per heavy atom. The molecule has 0 aliphatic heterocycles. The highest BCUT2D eigenvalue weighted by Gasteiger charge is 2.34. The fraction of sp³-hybridized carbons (Fsp3) is 0.259. The van der Waals surface area contributed by atoms with Gasteiger partial charge in [0, 0.05) is 48.0 Å². The molecule has 0 saturated heterocycles. The quantitative estimate of drug-likeness (QED) is 0.221. The van der Waals surface area contributed by atoms with Crippen molar-refractivity contribution in [1.82, 2.24) is 9.88 Å². The first kappa shape index (κ1) is 29.3. The third kappa shape index (κ3) is 7.85. The number of nitrogens with zero attached hydrogens (tertiary/aromatic N) is 3. The number of amides is 1. The van der Waals surface area contributed by atoms with Crippen LogP contribution in [0.5, 0.6) is 5.75 Å². The summed E-state index contributed by atoms with van der Waals surface area (Å²) in [7, 11) is 5.17. The third-order valence-corrected chi connectivity index (χ3v) is 5.77. The molecule has 0 atom stereocenters. The van der Waals surface area contributed by atoms with Crippen LogP contribution in [0.3, 0.4) is 0 Å². The van der Waals surface area contributed by atoms with Crippen molar-refractivity contribution in [2.24, 2.45) is 11.6 Å². The summed E-state index contributed by atoms with van der Waals surface area (Å²) in [5.74, 6) is 6.15. The van der Waals surface area contributed by atoms with Crippen molar-refractivity contribution < 1.29 is 22.7 Å². The lowest BCUT2D eigenvalue weighted by molar-refractivity contribution is -0.136. The highest BCUT2D eigenvalue weighted by molar-refractivity contribution is 6.05. The number of anilines is 3. The van der Waals surface area contributed by atoms with Gasteiger partial charge in [-0.05, 0) is 63.0 Å². The molecule has 0 bridgehead atoms. The molecule has 0 aliphatic rings. The summed E-state index contributed by atoms with van der Waals surface area (Å²) in [4.78, 5) is 18.9. The predicted molar refractivity (Wildman–Crippen MR) is 147 cm³/mol. The first-order valence-electron chi connectivity index (χ1n) is 11.9. The average Bonchev–Trinajstić information content (AvgIpc) is 2.88. The van der Waals surface area contributed by atoms with E-state index in [0.717, 1.165) is 11.6 Å². The van der Waals surface area contributed by atoms with E-state index in [1.165, 1.54) is 42.7 Å². The second-order valence-electron chi connectivity index (χ2n) is 9.05. The van der Waals surface area contributed by atoms with Crippen molar-refractivity contribution in [1.29, 1.82) is 0 Å². The van der Waals surface area contributed by atoms with Gasteiger partial charge in [-0.2, -0.15) is 13.2 Å². The highest BCUT2D eigenvalue weighted by Crippen LogP contribution is 2.36. The van der Waals surface area contributed by atoms with E-state index in [2.05, 4.69) is 15.6 Å². The fourth-order valence-electron chi connectivity index (χ4n) is 3.64. The SMILES string of the molecule is COc1cncc(/C(N)=C/N(N)c2cc(C(=O)Nc3ccc(NCCN(C)C)c(C(F)(F)F)c3)ccc2C)c1. The minimum atomic E-state index is -4.61. The maximum Gasteiger partial charge on any atom is 0.418 e. The Balaban J connectivity index is 1.82. The number of alkyl halides is 3. The molecular weight excluding hydrogens is 511 g/mol. The Hall–Kier alpha value is -4.29. The van der Waals surface area contributed by atoms with Crippen molar-refractivity contribution in [2.45, 2.75) is 13.1 Å². The standard InChI is InChI=1S/C27H32F3N7O2/c1-17-5-6-18(12-25(17)37(32)16-23(31)19-11-21(39-4)15-33-14-19)26(38)35-20-7-8-24(34-9-10-36(2)3)22(13-20)27(28,29)30/h5-8,11-16,34H,9-10,31-32H2,1-4H3,(H,35,38)/b23-16-. The number of carbonyl (C=O) groups is 1. The maximum atomic E-state index is 13.7. The van der Waals surface area contributed by atoms with E-state index in [9.17, 15) is 18.0 Å². The summed E-state index contributed by atoms with van der Waals surface area (Å²) in [6.07, 6.45) is -0.0474. The lowest BCUT2D eigenvalue weighted by Gasteiger charge is -2.19. The number of carbonyl (C=O) groups excluding carboxylic acids is 1. The van der Waals surface area contributed by atoms with E-state index >= 15 is 0 Å². The molecule has 0 unspecified atom stereocenters. The van der Waals surface area contributed by atoms with Crippen LogP contribution in [0.2, 0.25) is 0 Å². The molecule has 6 N–H and O–H groups in total. The summed E-state index contributed by atoms with van der Waals surface area (Å²) >= 11 is 0. The summed E-state index contributed by atoms with van der Waals surface area (Å²) in [6, 6.07) is 10.1. The van der Waals surface area contributed by atoms with Crippen molar-refractivity contribution in [3.63, 3.8) is 0 Å². The molecule has 0 spiro atoms. The summed E-state index contributed by atoms with van der Waals surface area (Å²) in [5, 5.41) is 6.60. The minimum Gasteiger partial charge on any atom is -0.495 e. The van der Waals surface area contributed by atoms with Gasteiger partial charge in [0.15, 0.2) is 0 Å². The van der Waals surface area contributed by atoms with Crippen molar-refractivity contribution in [3.05, 3.63) is 83.3 Å². The van der Waals surface area contributed by atoms with E-state index in [1.54, 1.807) is 31.3 Å². The minimum absolute atomic E-state index is 0.00637. The van der Waals surface area contributed by atoms with E-state index in [1.807, 2.05) is 19.0 Å². The van der Waals surface area contributed by atoms with Gasteiger partial charge < -0.3 is 26.0 Å². The van der Waals surface area contributed by atoms with Gasteiger partial charge in [0.1, 0.15) is 5.75 Å². The normalized spacial score (nSPS) is 11.9. The number of nitrogens with two attached hydrogens (primary N) is 2. The molecule has 3 rings (SSSR count). The number of benzene rings is 2. The first-order chi connectivity index (χ1) is 18.4. The fourth-order valence-corrected chi connectivity index (χ4v) is 3.64. The summed E-state index contributed by atoms with van der Waals surface area (Å²) in [6.45, 7) is 2.68. The number of methoxy groups -OCH3 is 1. The van der Waals surface area contributed by atoms with Crippen LogP contribution in [-0.4, -0.2) is 50.1 Å². The zero-order valence-electron chi connectivity index (χ0n) is 22.1. The second-order valence-corrected chi connectivity index (χ2v) is 9.05. The number of rotatable bonds is 10. The van der Waals surface area contributed by atoms with Gasteiger partial charge in [-0.15, -0.1) is 0 Å². The maximum absolute atomic E-state index is 13.7. The van der Waals surface area contributed by atoms with Gasteiger partial charge in [0.05, 0.1) is 30.3 Å². The molecule has 208 valence electrons. The lowest BCUT2D eigenvalue weighted by atomic mass is 10.1. The van der Waals surface area contributed by atoms with Gasteiger partial charge in [0.2, 0.25) is 0 Å². The number of hydrogen-bond acceptors (Lipinski definition) is 8. The van der Waals surface area contributed by atoms with Crippen LogP contribution in [-0.2, 0) is 6.18 Å². The van der Waals surface area contributed by atoms with Crippen LogP contribution in [0, 0.1) is 6.92 Å². The Kier molecular flexibility index (Phi) is 9.38. The number of likely N-dealkylation sites (N-methyl/N-ethyl adjacent to an activating group) is 1. The lowest BCUT2D eigenvalue weighted by Crippen LogP contribution is -2.27. The van der Waals surface area contributed by atoms with Crippen LogP contribution in [0.4, 0.5) is 30.2 Å². The topological polar surface area (TPSA) is 122 Å². The molecule has 0 fully saturated rings. The molecule has 12 heteroatoms. The summed E-state index contributed by atoms with van der Waals surface area (Å²) < 4.78 is 46.3. The number of hydrogen-bond donors (Lipinski definition) is 4. The number of hydrazine groups is 1. The molecule has 0 saturated carbocycles. The zero-order chi connectivity index (χ0) is 28.7. The molecule has 1 amide bonds. The van der Waals surface area contributed by atoms with Crippen molar-refractivity contribution in [3.8, 4) is 5.75 Å². The largest absolute Gasteiger partial charge is 0.495 e. The number of aryl methyl sites for hydroxylation is 1. The number of aromatic nitrogens is 1. The average molecular weight is 544 g/mol. The van der Waals surface area contributed by atoms with E-state index in [4.69, 9.17) is 16.3 Å². The number of ether oxygens (including phenoxy) is 1. The van der Waals surface area contributed by atoms with Gasteiger partial charge in [0.25, 0.3) is 5.91 Å². The molecule has 2 aromatic carbocycles. The summed E-state index contributed by atoms with van der Waals surface area (Å²) in [5.41, 5.74) is 7.55. The van der Waals surface area contributed by atoms with Crippen molar-refractivity contribution >= 4 is 28.7 Å². The number of halogens is 3. The monoisotopic (exact) mass is 543 g/mol. The smallest absolute Gasteiger partial charge is 0.418 e. The van der Waals surface area contributed by atoms with Crippen LogP contribution in [0.1, 0.15) is 27.0 Å². The molecule has 3 aromatic rings. The van der Waals surface area contributed by atoms with Gasteiger partial charge >= 0.3 is 6.18 Å². The molecular formula is C27H32F3N7O2. The Bertz CT molecular complexity index is 1340. The molecule has 39 heavy (non-hydrogen) atoms. The molecule has 1 heterocycles. The van der Waals surface area contributed by atoms with Crippen LogP contribution in [0.15, 0.2) is 61.1 Å². The molecule has 1 aromatic heterocycles. The number of pyridine rings is 1. The van der Waals surface area contributed by atoms with Gasteiger partial charge in [-0.3, -0.25) is 14.8 Å². The highest BCUT2D eigenvalue weighted by atomic mass is 19.4. The predicted octanol–water partition coefficient (Wildman–Crippen LogP) is 4.28. The van der Waals surface area contributed by atoms with Gasteiger partial charge in [-0.25, -0.2) is 5.84 Å². The van der Waals surface area contributed by atoms with E-state index < -0.39 is 17.6 Å². The Morgan fingerprint density at radius 2 is 1.85 bits per heavy atom. The van der Waals surface area contributed by atoms with Gasteiger partial charge in [-0.1, -0.05) is 6.07 Å². The second kappa shape index (κ2) is 12.5. The number of nitrogens with one attached hydrogen (secondary N) is 2. The molecule has 9 nitrogen and oxygen atoms in total. The van der Waals surface area contributed by atoms with Crippen molar-refractivity contribution in [2.75, 3.05) is 49.9 Å². The van der Waals surface area contributed by atoms with Crippen LogP contribution in [0.25, 0.3) is 5.70 Å². The molecule has 0 aliphatic carbocycles. The first-order valence-corrected chi connectivity index (χ1v) is 11.9. The Morgan fingerprint density at radius 3 is 2.51 bits per heavy atom. The molecule has 0 radical (unpaired) electrons.